The molecule has 0 fully saturated rings. The summed E-state index contributed by atoms with van der Waals surface area (Å²) in [4.78, 5) is 0. The van der Waals surface area contributed by atoms with Crippen molar-refractivity contribution in [2.24, 2.45) is 12.9 Å². The monoisotopic (exact) mass is 164 g/mol. The summed E-state index contributed by atoms with van der Waals surface area (Å²) in [6.45, 7) is 1.91. The van der Waals surface area contributed by atoms with E-state index in [2.05, 4.69) is 16.4 Å². The molecule has 0 aliphatic rings. The fourth-order valence-electron chi connectivity index (χ4n) is 1.12. The van der Waals surface area contributed by atoms with E-state index in [1.165, 1.54) is 0 Å². The molecule has 12 heavy (non-hydrogen) atoms. The third kappa shape index (κ3) is 1.47. The maximum atomic E-state index is 5.26. The van der Waals surface area contributed by atoms with E-state index in [1.54, 1.807) is 4.68 Å². The van der Waals surface area contributed by atoms with Gasteiger partial charge in [0.25, 0.3) is 0 Å². The lowest BCUT2D eigenvalue weighted by Crippen LogP contribution is -2.28. The number of terminal acetylenes is 1. The molecule has 0 bridgehead atoms. The second-order valence-corrected chi connectivity index (χ2v) is 2.60. The first-order valence-corrected chi connectivity index (χ1v) is 3.62. The predicted molar refractivity (Wildman–Crippen MR) is 46.8 cm³/mol. The molecule has 4 nitrogen and oxygen atoms in total. The predicted octanol–water partition coefficient (Wildman–Crippen LogP) is -0.134. The van der Waals surface area contributed by atoms with Crippen LogP contribution in [0.5, 0.6) is 0 Å². The van der Waals surface area contributed by atoms with Gasteiger partial charge in [-0.25, -0.2) is 5.43 Å². The molecule has 1 rings (SSSR count). The van der Waals surface area contributed by atoms with Crippen LogP contribution in [0.3, 0.4) is 0 Å². The van der Waals surface area contributed by atoms with Gasteiger partial charge in [-0.15, -0.1) is 6.42 Å². The Morgan fingerprint density at radius 1 is 1.83 bits per heavy atom. The number of nitrogens with one attached hydrogen (secondary N) is 1. The van der Waals surface area contributed by atoms with Crippen LogP contribution in [0.4, 0.5) is 0 Å². The lowest BCUT2D eigenvalue weighted by molar-refractivity contribution is 0.600. The number of rotatable bonds is 2. The molecule has 1 atom stereocenters. The molecule has 64 valence electrons. The molecule has 0 saturated heterocycles. The molecular formula is C8H12N4. The minimum Gasteiger partial charge on any atom is -0.270 e. The van der Waals surface area contributed by atoms with Gasteiger partial charge in [-0.05, 0) is 13.0 Å². The van der Waals surface area contributed by atoms with Gasteiger partial charge < -0.3 is 0 Å². The van der Waals surface area contributed by atoms with Gasteiger partial charge in [-0.1, -0.05) is 5.92 Å². The molecule has 4 heteroatoms. The van der Waals surface area contributed by atoms with Crippen LogP contribution in [0.25, 0.3) is 0 Å². The number of hydrogen-bond donors (Lipinski definition) is 2. The van der Waals surface area contributed by atoms with Gasteiger partial charge in [-0.2, -0.15) is 5.10 Å². The number of hydrazine groups is 1. The minimum atomic E-state index is -0.267. The van der Waals surface area contributed by atoms with E-state index in [9.17, 15) is 0 Å². The highest BCUT2D eigenvalue weighted by Gasteiger charge is 2.10. The Bertz CT molecular complexity index is 307. The highest BCUT2D eigenvalue weighted by molar-refractivity contribution is 5.20. The van der Waals surface area contributed by atoms with Crippen LogP contribution in [0, 0.1) is 19.3 Å². The zero-order chi connectivity index (χ0) is 9.14. The van der Waals surface area contributed by atoms with Crippen molar-refractivity contribution >= 4 is 0 Å². The average molecular weight is 164 g/mol. The summed E-state index contributed by atoms with van der Waals surface area (Å²) in [5, 5.41) is 4.15. The third-order valence-electron chi connectivity index (χ3n) is 1.67. The van der Waals surface area contributed by atoms with Gasteiger partial charge >= 0.3 is 0 Å². The molecule has 0 radical (unpaired) electrons. The van der Waals surface area contributed by atoms with Crippen LogP contribution in [0.15, 0.2) is 6.07 Å². The van der Waals surface area contributed by atoms with Gasteiger partial charge in [0.15, 0.2) is 0 Å². The lowest BCUT2D eigenvalue weighted by Gasteiger charge is -2.08. The van der Waals surface area contributed by atoms with Crippen molar-refractivity contribution in [3.05, 3.63) is 17.5 Å². The molecule has 1 aromatic heterocycles. The molecule has 1 aromatic rings. The van der Waals surface area contributed by atoms with Crippen molar-refractivity contribution in [2.75, 3.05) is 0 Å². The first-order valence-electron chi connectivity index (χ1n) is 3.62. The second kappa shape index (κ2) is 3.39. The molecule has 3 N–H and O–H groups in total. The zero-order valence-corrected chi connectivity index (χ0v) is 7.20. The van der Waals surface area contributed by atoms with E-state index in [0.29, 0.717) is 0 Å². The molecule has 0 aromatic carbocycles. The standard InChI is InChI=1S/C8H12N4/c1-4-7(10-9)8-5-6(2)11-12(8)3/h1,5,7,10H,9H2,2-3H3. The van der Waals surface area contributed by atoms with Crippen LogP contribution in [-0.4, -0.2) is 9.78 Å². The summed E-state index contributed by atoms with van der Waals surface area (Å²) in [5.41, 5.74) is 4.36. The zero-order valence-electron chi connectivity index (χ0n) is 7.20. The highest BCUT2D eigenvalue weighted by atomic mass is 15.3. The number of aromatic nitrogens is 2. The van der Waals surface area contributed by atoms with E-state index >= 15 is 0 Å². The Labute approximate surface area is 71.7 Å². The maximum Gasteiger partial charge on any atom is 0.123 e. The Morgan fingerprint density at radius 3 is 2.83 bits per heavy atom. The minimum absolute atomic E-state index is 0.267. The summed E-state index contributed by atoms with van der Waals surface area (Å²) in [6, 6.07) is 1.64. The number of nitrogens with two attached hydrogens (primary N) is 1. The van der Waals surface area contributed by atoms with E-state index in [0.717, 1.165) is 11.4 Å². The van der Waals surface area contributed by atoms with Gasteiger partial charge in [0.2, 0.25) is 0 Å². The molecule has 0 saturated carbocycles. The summed E-state index contributed by atoms with van der Waals surface area (Å²) in [6.07, 6.45) is 5.26. The van der Waals surface area contributed by atoms with Crippen molar-refractivity contribution in [2.45, 2.75) is 13.0 Å². The van der Waals surface area contributed by atoms with Crippen molar-refractivity contribution in [3.63, 3.8) is 0 Å². The first kappa shape index (κ1) is 8.78. The quantitative estimate of drug-likeness (QED) is 0.363. The largest absolute Gasteiger partial charge is 0.270 e. The highest BCUT2D eigenvalue weighted by Crippen LogP contribution is 2.10. The molecule has 1 heterocycles. The lowest BCUT2D eigenvalue weighted by atomic mass is 10.2. The molecule has 1 unspecified atom stereocenters. The molecule has 0 spiro atoms. The van der Waals surface area contributed by atoms with Crippen LogP contribution in [0.1, 0.15) is 17.4 Å². The van der Waals surface area contributed by atoms with Gasteiger partial charge in [-0.3, -0.25) is 10.5 Å². The Morgan fingerprint density at radius 2 is 2.50 bits per heavy atom. The van der Waals surface area contributed by atoms with E-state index in [4.69, 9.17) is 12.3 Å². The smallest absolute Gasteiger partial charge is 0.123 e. The average Bonchev–Trinajstić information content (AvgIpc) is 2.34. The summed E-state index contributed by atoms with van der Waals surface area (Å²) in [7, 11) is 1.84. The van der Waals surface area contributed by atoms with Crippen LogP contribution in [0.2, 0.25) is 0 Å². The van der Waals surface area contributed by atoms with E-state index in [-0.39, 0.29) is 6.04 Å². The SMILES string of the molecule is C#CC(NN)c1cc(C)nn1C. The van der Waals surface area contributed by atoms with Crippen molar-refractivity contribution in [1.82, 2.24) is 15.2 Å². The second-order valence-electron chi connectivity index (χ2n) is 2.60. The Hall–Kier alpha value is -1.31. The van der Waals surface area contributed by atoms with Crippen LogP contribution in [-0.2, 0) is 7.05 Å². The third-order valence-corrected chi connectivity index (χ3v) is 1.67. The van der Waals surface area contributed by atoms with Crippen LogP contribution >= 0.6 is 0 Å². The normalized spacial score (nSPS) is 12.5. The number of aryl methyl sites for hydroxylation is 2. The number of nitrogens with zero attached hydrogens (tertiary/aromatic N) is 2. The Balaban J connectivity index is 3.02. The fraction of sp³-hybridized carbons (Fsp3) is 0.375. The molecule has 0 aliphatic heterocycles. The Kier molecular flexibility index (Phi) is 2.48. The number of hydrogen-bond acceptors (Lipinski definition) is 3. The van der Waals surface area contributed by atoms with Crippen LogP contribution < -0.4 is 11.3 Å². The molecule has 0 amide bonds. The fourth-order valence-corrected chi connectivity index (χ4v) is 1.12. The van der Waals surface area contributed by atoms with Gasteiger partial charge in [0.1, 0.15) is 6.04 Å². The summed E-state index contributed by atoms with van der Waals surface area (Å²) >= 11 is 0. The van der Waals surface area contributed by atoms with Crippen molar-refractivity contribution in [3.8, 4) is 12.3 Å². The molecular weight excluding hydrogens is 152 g/mol. The van der Waals surface area contributed by atoms with Gasteiger partial charge in [0, 0.05) is 7.05 Å². The van der Waals surface area contributed by atoms with E-state index in [1.807, 2.05) is 20.0 Å². The molecule has 0 aliphatic carbocycles. The van der Waals surface area contributed by atoms with E-state index < -0.39 is 0 Å². The van der Waals surface area contributed by atoms with Gasteiger partial charge in [0.05, 0.1) is 11.4 Å². The summed E-state index contributed by atoms with van der Waals surface area (Å²) < 4.78 is 1.72. The van der Waals surface area contributed by atoms with Crippen molar-refractivity contribution < 1.29 is 0 Å². The first-order chi connectivity index (χ1) is 5.69. The topological polar surface area (TPSA) is 55.9 Å². The summed E-state index contributed by atoms with van der Waals surface area (Å²) in [5.74, 6) is 7.79. The van der Waals surface area contributed by atoms with Crippen molar-refractivity contribution in [1.29, 1.82) is 0 Å². The maximum absolute atomic E-state index is 5.26.